The SMILES string of the molecule is N#Cc1ccc(CSc2ccc(Br)cc2)cc1. The number of benzene rings is 2. The Labute approximate surface area is 114 Å². The fourth-order valence-corrected chi connectivity index (χ4v) is 2.49. The van der Waals surface area contributed by atoms with Crippen LogP contribution in [0.2, 0.25) is 0 Å². The van der Waals surface area contributed by atoms with Crippen molar-refractivity contribution in [3.8, 4) is 6.07 Å². The molecule has 2 aromatic rings. The van der Waals surface area contributed by atoms with Crippen molar-refractivity contribution >= 4 is 27.7 Å². The maximum absolute atomic E-state index is 8.70. The van der Waals surface area contributed by atoms with Crippen molar-refractivity contribution < 1.29 is 0 Å². The third kappa shape index (κ3) is 3.62. The highest BCUT2D eigenvalue weighted by Gasteiger charge is 1.97. The molecule has 0 N–H and O–H groups in total. The second-order valence-corrected chi connectivity index (χ2v) is 5.52. The van der Waals surface area contributed by atoms with Gasteiger partial charge in [0.1, 0.15) is 0 Å². The van der Waals surface area contributed by atoms with Gasteiger partial charge in [0.25, 0.3) is 0 Å². The Balaban J connectivity index is 1.98. The molecule has 0 radical (unpaired) electrons. The van der Waals surface area contributed by atoms with Gasteiger partial charge in [-0.05, 0) is 42.0 Å². The van der Waals surface area contributed by atoms with Crippen molar-refractivity contribution in [3.63, 3.8) is 0 Å². The first-order valence-corrected chi connectivity index (χ1v) is 6.93. The van der Waals surface area contributed by atoms with Gasteiger partial charge in [0.2, 0.25) is 0 Å². The fraction of sp³-hybridized carbons (Fsp3) is 0.0714. The number of nitriles is 1. The van der Waals surface area contributed by atoms with Gasteiger partial charge in [-0.1, -0.05) is 28.1 Å². The molecule has 2 aromatic carbocycles. The second-order valence-electron chi connectivity index (χ2n) is 3.55. The molecule has 0 saturated heterocycles. The molecule has 2 rings (SSSR count). The zero-order chi connectivity index (χ0) is 12.1. The van der Waals surface area contributed by atoms with E-state index in [1.54, 1.807) is 11.8 Å². The van der Waals surface area contributed by atoms with E-state index in [4.69, 9.17) is 5.26 Å². The summed E-state index contributed by atoms with van der Waals surface area (Å²) in [6.07, 6.45) is 0. The van der Waals surface area contributed by atoms with Crippen LogP contribution in [-0.4, -0.2) is 0 Å². The maximum atomic E-state index is 8.70. The first kappa shape index (κ1) is 12.2. The van der Waals surface area contributed by atoms with Gasteiger partial charge in [-0.2, -0.15) is 5.26 Å². The number of halogens is 1. The molecule has 0 unspecified atom stereocenters. The summed E-state index contributed by atoms with van der Waals surface area (Å²) < 4.78 is 1.10. The summed E-state index contributed by atoms with van der Waals surface area (Å²) in [5.41, 5.74) is 1.94. The topological polar surface area (TPSA) is 23.8 Å². The van der Waals surface area contributed by atoms with E-state index in [-0.39, 0.29) is 0 Å². The monoisotopic (exact) mass is 303 g/mol. The zero-order valence-corrected chi connectivity index (χ0v) is 11.5. The molecule has 0 aromatic heterocycles. The Hall–Kier alpha value is -1.24. The van der Waals surface area contributed by atoms with Crippen LogP contribution < -0.4 is 0 Å². The van der Waals surface area contributed by atoms with Gasteiger partial charge < -0.3 is 0 Å². The Kier molecular flexibility index (Phi) is 4.24. The molecule has 3 heteroatoms. The lowest BCUT2D eigenvalue weighted by molar-refractivity contribution is 1.36. The normalized spacial score (nSPS) is 9.88. The lowest BCUT2D eigenvalue weighted by Crippen LogP contribution is -1.81. The highest BCUT2D eigenvalue weighted by molar-refractivity contribution is 9.10. The van der Waals surface area contributed by atoms with Crippen LogP contribution in [0.1, 0.15) is 11.1 Å². The Morgan fingerprint density at radius 2 is 1.65 bits per heavy atom. The van der Waals surface area contributed by atoms with Crippen molar-refractivity contribution in [2.24, 2.45) is 0 Å². The third-order valence-electron chi connectivity index (χ3n) is 2.30. The molecule has 0 fully saturated rings. The number of thioether (sulfide) groups is 1. The van der Waals surface area contributed by atoms with Crippen LogP contribution in [0.15, 0.2) is 57.9 Å². The van der Waals surface area contributed by atoms with Crippen molar-refractivity contribution in [3.05, 3.63) is 64.1 Å². The third-order valence-corrected chi connectivity index (χ3v) is 3.91. The van der Waals surface area contributed by atoms with Gasteiger partial charge in [-0.15, -0.1) is 11.8 Å². The minimum absolute atomic E-state index is 0.711. The smallest absolute Gasteiger partial charge is 0.0991 e. The molecule has 0 heterocycles. The van der Waals surface area contributed by atoms with Crippen LogP contribution in [0.5, 0.6) is 0 Å². The Bertz CT molecular complexity index is 526. The molecule has 0 bridgehead atoms. The molecule has 0 aliphatic carbocycles. The molecule has 0 aliphatic heterocycles. The average molecular weight is 304 g/mol. The van der Waals surface area contributed by atoms with E-state index in [1.807, 2.05) is 36.4 Å². The Morgan fingerprint density at radius 1 is 1.00 bits per heavy atom. The molecule has 0 atom stereocenters. The van der Waals surface area contributed by atoms with Crippen molar-refractivity contribution in [1.29, 1.82) is 5.26 Å². The van der Waals surface area contributed by atoms with Crippen LogP contribution in [0.4, 0.5) is 0 Å². The number of nitrogens with zero attached hydrogens (tertiary/aromatic N) is 1. The zero-order valence-electron chi connectivity index (χ0n) is 9.06. The summed E-state index contributed by atoms with van der Waals surface area (Å²) in [5.74, 6) is 0.924. The van der Waals surface area contributed by atoms with E-state index in [1.165, 1.54) is 10.5 Å². The van der Waals surface area contributed by atoms with E-state index in [0.29, 0.717) is 5.56 Å². The van der Waals surface area contributed by atoms with Gasteiger partial charge in [0.05, 0.1) is 11.6 Å². The van der Waals surface area contributed by atoms with Gasteiger partial charge in [-0.3, -0.25) is 0 Å². The molecule has 84 valence electrons. The second kappa shape index (κ2) is 5.90. The molecule has 17 heavy (non-hydrogen) atoms. The van der Waals surface area contributed by atoms with Gasteiger partial charge in [-0.25, -0.2) is 0 Å². The molecule has 0 saturated carbocycles. The molecule has 1 nitrogen and oxygen atoms in total. The number of rotatable bonds is 3. The number of hydrogen-bond acceptors (Lipinski definition) is 2. The summed E-state index contributed by atoms with van der Waals surface area (Å²) >= 11 is 5.21. The molecule has 0 spiro atoms. The highest BCUT2D eigenvalue weighted by Crippen LogP contribution is 2.24. The number of hydrogen-bond donors (Lipinski definition) is 0. The van der Waals surface area contributed by atoms with Crippen LogP contribution in [-0.2, 0) is 5.75 Å². The van der Waals surface area contributed by atoms with Crippen LogP contribution in [0.3, 0.4) is 0 Å². The molecular formula is C14H10BrNS. The highest BCUT2D eigenvalue weighted by atomic mass is 79.9. The van der Waals surface area contributed by atoms with E-state index < -0.39 is 0 Å². The first-order valence-electron chi connectivity index (χ1n) is 5.15. The summed E-state index contributed by atoms with van der Waals surface area (Å²) in [6, 6.07) is 18.1. The van der Waals surface area contributed by atoms with Crippen molar-refractivity contribution in [1.82, 2.24) is 0 Å². The van der Waals surface area contributed by atoms with Crippen LogP contribution in [0, 0.1) is 11.3 Å². The van der Waals surface area contributed by atoms with Crippen molar-refractivity contribution in [2.75, 3.05) is 0 Å². The fourth-order valence-electron chi connectivity index (χ4n) is 1.37. The van der Waals surface area contributed by atoms with E-state index in [2.05, 4.69) is 34.1 Å². The van der Waals surface area contributed by atoms with Gasteiger partial charge in [0.15, 0.2) is 0 Å². The molecule has 0 amide bonds. The summed E-state index contributed by atoms with van der Waals surface area (Å²) in [4.78, 5) is 1.25. The molecule has 0 aliphatic rings. The predicted molar refractivity (Wildman–Crippen MR) is 74.9 cm³/mol. The van der Waals surface area contributed by atoms with E-state index >= 15 is 0 Å². The summed E-state index contributed by atoms with van der Waals surface area (Å²) in [7, 11) is 0. The lowest BCUT2D eigenvalue weighted by atomic mass is 10.2. The van der Waals surface area contributed by atoms with Crippen LogP contribution >= 0.6 is 27.7 Å². The Morgan fingerprint density at radius 3 is 2.24 bits per heavy atom. The summed E-state index contributed by atoms with van der Waals surface area (Å²) in [6.45, 7) is 0. The maximum Gasteiger partial charge on any atom is 0.0991 e. The van der Waals surface area contributed by atoms with Gasteiger partial charge >= 0.3 is 0 Å². The van der Waals surface area contributed by atoms with Crippen molar-refractivity contribution in [2.45, 2.75) is 10.6 Å². The first-order chi connectivity index (χ1) is 8.28. The standard InChI is InChI=1S/C14H10BrNS/c15-13-5-7-14(8-6-13)17-10-12-3-1-11(9-16)2-4-12/h1-8H,10H2. The predicted octanol–water partition coefficient (Wildman–Crippen LogP) is 4.61. The summed E-state index contributed by atoms with van der Waals surface area (Å²) in [5, 5.41) is 8.70. The van der Waals surface area contributed by atoms with E-state index in [0.717, 1.165) is 10.2 Å². The molecular weight excluding hydrogens is 294 g/mol. The lowest BCUT2D eigenvalue weighted by Gasteiger charge is -2.02. The van der Waals surface area contributed by atoms with E-state index in [9.17, 15) is 0 Å². The van der Waals surface area contributed by atoms with Crippen LogP contribution in [0.25, 0.3) is 0 Å². The largest absolute Gasteiger partial charge is 0.192 e. The van der Waals surface area contributed by atoms with Gasteiger partial charge in [0, 0.05) is 15.1 Å². The quantitative estimate of drug-likeness (QED) is 0.773. The minimum atomic E-state index is 0.711. The average Bonchev–Trinajstić information content (AvgIpc) is 2.39. The minimum Gasteiger partial charge on any atom is -0.192 e.